The molecule has 130 valence electrons. The third-order valence-corrected chi connectivity index (χ3v) is 5.65. The van der Waals surface area contributed by atoms with Crippen molar-refractivity contribution in [3.8, 4) is 0 Å². The van der Waals surface area contributed by atoms with E-state index in [4.69, 9.17) is 0 Å². The third-order valence-electron chi connectivity index (χ3n) is 4.70. The van der Waals surface area contributed by atoms with Gasteiger partial charge in [-0.15, -0.1) is 11.3 Å². The van der Waals surface area contributed by atoms with Crippen LogP contribution in [0.25, 0.3) is 0 Å². The lowest BCUT2D eigenvalue weighted by atomic mass is 9.97. The summed E-state index contributed by atoms with van der Waals surface area (Å²) in [5, 5.41) is 12.2. The molecule has 25 heavy (non-hydrogen) atoms. The van der Waals surface area contributed by atoms with Crippen LogP contribution in [0.5, 0.6) is 0 Å². The van der Waals surface area contributed by atoms with Crippen molar-refractivity contribution in [3.63, 3.8) is 0 Å². The first kappa shape index (κ1) is 16.3. The van der Waals surface area contributed by atoms with Crippen LogP contribution < -0.4 is 4.90 Å². The van der Waals surface area contributed by atoms with Crippen molar-refractivity contribution in [1.29, 1.82) is 0 Å². The van der Waals surface area contributed by atoms with E-state index in [2.05, 4.69) is 49.9 Å². The fraction of sp³-hybridized carbons (Fsp3) is 0.368. The predicted molar refractivity (Wildman–Crippen MR) is 100.0 cm³/mol. The van der Waals surface area contributed by atoms with Crippen molar-refractivity contribution in [2.24, 2.45) is 0 Å². The van der Waals surface area contributed by atoms with E-state index < -0.39 is 0 Å². The van der Waals surface area contributed by atoms with Gasteiger partial charge in [0, 0.05) is 43.3 Å². The molecule has 2 aromatic heterocycles. The van der Waals surface area contributed by atoms with Crippen LogP contribution >= 0.6 is 11.3 Å². The average Bonchev–Trinajstić information content (AvgIpc) is 3.32. The molecule has 0 aliphatic carbocycles. The molecule has 4 rings (SSSR count). The van der Waals surface area contributed by atoms with Crippen LogP contribution in [0.4, 0.5) is 5.13 Å². The zero-order chi connectivity index (χ0) is 17.1. The van der Waals surface area contributed by atoms with E-state index in [0.717, 1.165) is 49.1 Å². The maximum Gasteiger partial charge on any atom is 0.185 e. The number of aromatic nitrogens is 3. The molecule has 1 N–H and O–H groups in total. The maximum absolute atomic E-state index is 9.24. The molecule has 1 saturated heterocycles. The summed E-state index contributed by atoms with van der Waals surface area (Å²) in [6, 6.07) is 10.5. The molecule has 6 heteroatoms. The number of imidazole rings is 1. The lowest BCUT2D eigenvalue weighted by Crippen LogP contribution is -2.35. The van der Waals surface area contributed by atoms with E-state index in [1.165, 1.54) is 5.56 Å². The summed E-state index contributed by atoms with van der Waals surface area (Å²) in [5.74, 6) is 1.57. The van der Waals surface area contributed by atoms with Crippen LogP contribution in [0.3, 0.4) is 0 Å². The van der Waals surface area contributed by atoms with E-state index in [1.54, 1.807) is 11.3 Å². The normalized spacial score (nSPS) is 17.8. The molecule has 0 bridgehead atoms. The fourth-order valence-electron chi connectivity index (χ4n) is 3.47. The van der Waals surface area contributed by atoms with Crippen molar-refractivity contribution in [2.45, 2.75) is 31.9 Å². The summed E-state index contributed by atoms with van der Waals surface area (Å²) in [4.78, 5) is 11.5. The Morgan fingerprint density at radius 2 is 2.12 bits per heavy atom. The zero-order valence-electron chi connectivity index (χ0n) is 14.1. The van der Waals surface area contributed by atoms with Crippen molar-refractivity contribution in [1.82, 2.24) is 14.5 Å². The Balaban J connectivity index is 1.51. The fourth-order valence-corrected chi connectivity index (χ4v) is 4.32. The van der Waals surface area contributed by atoms with Gasteiger partial charge in [0.2, 0.25) is 0 Å². The van der Waals surface area contributed by atoms with Gasteiger partial charge in [0.1, 0.15) is 5.82 Å². The lowest BCUT2D eigenvalue weighted by Gasteiger charge is -2.32. The highest BCUT2D eigenvalue weighted by molar-refractivity contribution is 7.13. The third kappa shape index (κ3) is 3.60. The Labute approximate surface area is 151 Å². The number of rotatable bonds is 5. The molecule has 1 aromatic carbocycles. The first-order valence-corrected chi connectivity index (χ1v) is 9.56. The highest BCUT2D eigenvalue weighted by Gasteiger charge is 2.26. The minimum atomic E-state index is 0.00918. The van der Waals surface area contributed by atoms with Gasteiger partial charge >= 0.3 is 0 Å². The number of thiazole rings is 1. The quantitative estimate of drug-likeness (QED) is 0.764. The molecule has 0 amide bonds. The smallest absolute Gasteiger partial charge is 0.185 e. The average molecular weight is 354 g/mol. The number of hydrogen-bond donors (Lipinski definition) is 1. The van der Waals surface area contributed by atoms with Crippen molar-refractivity contribution in [2.75, 3.05) is 18.0 Å². The number of aliphatic hydroxyl groups excluding tert-OH is 1. The summed E-state index contributed by atoms with van der Waals surface area (Å²) >= 11 is 1.61. The molecule has 1 aliphatic heterocycles. The van der Waals surface area contributed by atoms with Gasteiger partial charge in [0.25, 0.3) is 0 Å². The van der Waals surface area contributed by atoms with Crippen LogP contribution in [0.15, 0.2) is 48.1 Å². The molecule has 0 spiro atoms. The molecular weight excluding hydrogens is 332 g/mol. The van der Waals surface area contributed by atoms with Gasteiger partial charge in [0.15, 0.2) is 5.13 Å². The van der Waals surface area contributed by atoms with Gasteiger partial charge < -0.3 is 14.6 Å². The first-order chi connectivity index (χ1) is 12.3. The Bertz CT molecular complexity index is 814. The van der Waals surface area contributed by atoms with E-state index >= 15 is 0 Å². The number of piperidine rings is 1. The van der Waals surface area contributed by atoms with Crippen LogP contribution in [0.1, 0.15) is 35.8 Å². The second-order valence-corrected chi connectivity index (χ2v) is 7.30. The van der Waals surface area contributed by atoms with Crippen LogP contribution in [0, 0.1) is 0 Å². The second kappa shape index (κ2) is 7.37. The Morgan fingerprint density at radius 3 is 2.92 bits per heavy atom. The molecule has 1 fully saturated rings. The highest BCUT2D eigenvalue weighted by Crippen LogP contribution is 2.31. The number of nitrogens with zero attached hydrogens (tertiary/aromatic N) is 4. The monoisotopic (exact) mass is 354 g/mol. The van der Waals surface area contributed by atoms with Crippen LogP contribution in [0.2, 0.25) is 0 Å². The minimum absolute atomic E-state index is 0.00918. The minimum Gasteiger partial charge on any atom is -0.390 e. The maximum atomic E-state index is 9.24. The standard InChI is InChI=1S/C19H22N4OS/c24-13-17-14-25-19(21-17)23-9-4-7-16(12-23)18-20-8-10-22(18)11-15-5-2-1-3-6-15/h1-3,5-6,8,10,14,16,24H,4,7,9,11-13H2/t16-/m1/s1. The van der Waals surface area contributed by atoms with Crippen LogP contribution in [-0.2, 0) is 13.2 Å². The number of aliphatic hydroxyl groups is 1. The molecule has 3 heterocycles. The van der Waals surface area contributed by atoms with Gasteiger partial charge in [-0.05, 0) is 18.4 Å². The molecule has 0 unspecified atom stereocenters. The summed E-state index contributed by atoms with van der Waals surface area (Å²) in [6.45, 7) is 2.83. The summed E-state index contributed by atoms with van der Waals surface area (Å²) < 4.78 is 2.27. The Morgan fingerprint density at radius 1 is 1.24 bits per heavy atom. The van der Waals surface area contributed by atoms with Crippen molar-refractivity contribution < 1.29 is 5.11 Å². The van der Waals surface area contributed by atoms with Crippen molar-refractivity contribution >= 4 is 16.5 Å². The molecule has 1 aliphatic rings. The van der Waals surface area contributed by atoms with E-state index in [0.29, 0.717) is 5.92 Å². The van der Waals surface area contributed by atoms with Crippen LogP contribution in [-0.4, -0.2) is 32.7 Å². The van der Waals surface area contributed by atoms with Gasteiger partial charge in [-0.1, -0.05) is 30.3 Å². The summed E-state index contributed by atoms with van der Waals surface area (Å²) in [5.41, 5.74) is 2.05. The number of benzene rings is 1. The molecule has 5 nitrogen and oxygen atoms in total. The highest BCUT2D eigenvalue weighted by atomic mass is 32.1. The Kier molecular flexibility index (Phi) is 4.81. The van der Waals surface area contributed by atoms with Gasteiger partial charge in [-0.3, -0.25) is 0 Å². The second-order valence-electron chi connectivity index (χ2n) is 6.46. The summed E-state index contributed by atoms with van der Waals surface area (Å²) in [6.07, 6.45) is 6.27. The molecule has 3 aromatic rings. The van der Waals surface area contributed by atoms with Gasteiger partial charge in [-0.2, -0.15) is 0 Å². The molecule has 1 atom stereocenters. The first-order valence-electron chi connectivity index (χ1n) is 8.68. The van der Waals surface area contributed by atoms with E-state index in [-0.39, 0.29) is 6.61 Å². The summed E-state index contributed by atoms with van der Waals surface area (Å²) in [7, 11) is 0. The van der Waals surface area contributed by atoms with E-state index in [9.17, 15) is 5.11 Å². The molecular formula is C19H22N4OS. The molecule has 0 saturated carbocycles. The topological polar surface area (TPSA) is 54.2 Å². The predicted octanol–water partition coefficient (Wildman–Crippen LogP) is 3.26. The lowest BCUT2D eigenvalue weighted by molar-refractivity contribution is 0.277. The Hall–Kier alpha value is -2.18. The van der Waals surface area contributed by atoms with Crippen molar-refractivity contribution in [3.05, 3.63) is 65.2 Å². The van der Waals surface area contributed by atoms with E-state index in [1.807, 2.05) is 17.6 Å². The molecule has 0 radical (unpaired) electrons. The zero-order valence-corrected chi connectivity index (χ0v) is 14.9. The number of anilines is 1. The largest absolute Gasteiger partial charge is 0.390 e. The van der Waals surface area contributed by atoms with Gasteiger partial charge in [-0.25, -0.2) is 9.97 Å². The van der Waals surface area contributed by atoms with Gasteiger partial charge in [0.05, 0.1) is 12.3 Å². The SMILES string of the molecule is OCc1csc(N2CCC[C@@H](c3nccn3Cc3ccccc3)C2)n1. The number of hydrogen-bond acceptors (Lipinski definition) is 5.